The Morgan fingerprint density at radius 3 is 2.69 bits per heavy atom. The summed E-state index contributed by atoms with van der Waals surface area (Å²) in [5, 5.41) is 3.03. The molecule has 0 radical (unpaired) electrons. The average molecular weight is 438 g/mol. The highest BCUT2D eigenvalue weighted by molar-refractivity contribution is 7.93. The van der Waals surface area contributed by atoms with E-state index >= 15 is 0 Å². The predicted molar refractivity (Wildman–Crippen MR) is 115 cm³/mol. The normalized spacial score (nSPS) is 15.4. The third kappa shape index (κ3) is 4.64. The number of anilines is 2. The lowest BCUT2D eigenvalue weighted by Gasteiger charge is -2.18. The zero-order valence-electron chi connectivity index (χ0n) is 16.7. The van der Waals surface area contributed by atoms with E-state index in [1.54, 1.807) is 20.1 Å². The molecule has 9 heteroatoms. The van der Waals surface area contributed by atoms with Crippen LogP contribution in [0, 0.1) is 6.92 Å². The number of rotatable bonds is 6. The molecule has 7 nitrogen and oxygen atoms in total. The van der Waals surface area contributed by atoms with Gasteiger partial charge in [0.2, 0.25) is 10.0 Å². The molecule has 29 heavy (non-hydrogen) atoms. The number of nitrogens with zero attached hydrogens (tertiary/aromatic N) is 2. The van der Waals surface area contributed by atoms with Crippen molar-refractivity contribution < 1.29 is 17.9 Å². The first-order valence-electron chi connectivity index (χ1n) is 9.42. The number of benzene rings is 1. The number of hydrogen-bond donors (Lipinski definition) is 1. The average Bonchev–Trinajstić information content (AvgIpc) is 3.02. The predicted octanol–water partition coefficient (Wildman–Crippen LogP) is 3.80. The minimum absolute atomic E-state index is 0.0713. The van der Waals surface area contributed by atoms with Gasteiger partial charge in [0, 0.05) is 18.3 Å². The molecule has 2 aromatic rings. The Kier molecular flexibility index (Phi) is 6.33. The maximum absolute atomic E-state index is 13.0. The van der Waals surface area contributed by atoms with Crippen molar-refractivity contribution in [2.75, 3.05) is 29.0 Å². The monoisotopic (exact) mass is 437 g/mol. The molecule has 0 spiro atoms. The summed E-state index contributed by atoms with van der Waals surface area (Å²) in [6.07, 6.45) is 2.34. The van der Waals surface area contributed by atoms with E-state index in [0.717, 1.165) is 18.4 Å². The van der Waals surface area contributed by atoms with Crippen LogP contribution in [0.5, 0.6) is 5.75 Å². The second-order valence-corrected chi connectivity index (χ2v) is 9.33. The summed E-state index contributed by atoms with van der Waals surface area (Å²) in [4.78, 5) is 17.2. The van der Waals surface area contributed by atoms with Crippen molar-refractivity contribution in [2.45, 2.75) is 33.1 Å². The Balaban J connectivity index is 1.94. The third-order valence-corrected chi connectivity index (χ3v) is 7.03. The number of amides is 1. The van der Waals surface area contributed by atoms with E-state index in [0.29, 0.717) is 30.1 Å². The van der Waals surface area contributed by atoms with Gasteiger partial charge in [0.25, 0.3) is 5.91 Å². The second kappa shape index (κ2) is 8.59. The fourth-order valence-electron chi connectivity index (χ4n) is 3.31. The van der Waals surface area contributed by atoms with E-state index in [1.807, 2.05) is 12.1 Å². The lowest BCUT2D eigenvalue weighted by molar-refractivity contribution is 0.102. The van der Waals surface area contributed by atoms with Crippen molar-refractivity contribution in [1.82, 2.24) is 4.98 Å². The molecule has 0 atom stereocenters. The van der Waals surface area contributed by atoms with Crippen LogP contribution >= 0.6 is 11.6 Å². The van der Waals surface area contributed by atoms with Crippen molar-refractivity contribution in [1.29, 1.82) is 0 Å². The van der Waals surface area contributed by atoms with Gasteiger partial charge in [-0.2, -0.15) is 0 Å². The molecule has 2 heterocycles. The summed E-state index contributed by atoms with van der Waals surface area (Å²) >= 11 is 6.33. The number of sulfonamides is 1. The molecule has 1 N–H and O–H groups in total. The van der Waals surface area contributed by atoms with E-state index in [-0.39, 0.29) is 22.2 Å². The van der Waals surface area contributed by atoms with E-state index in [1.165, 1.54) is 10.4 Å². The minimum Gasteiger partial charge on any atom is -0.497 e. The maximum Gasteiger partial charge on any atom is 0.257 e. The first kappa shape index (κ1) is 21.4. The SMILES string of the molecule is CCCc1cc(NC(=O)c2cc(N3CCCS3(=O)=O)nc(C)c2Cl)cc(OC)c1. The number of nitrogens with one attached hydrogen (secondary N) is 1. The van der Waals surface area contributed by atoms with Gasteiger partial charge in [-0.3, -0.25) is 9.10 Å². The van der Waals surface area contributed by atoms with Gasteiger partial charge in [0.05, 0.1) is 29.1 Å². The van der Waals surface area contributed by atoms with Crippen molar-refractivity contribution in [3.05, 3.63) is 46.1 Å². The first-order chi connectivity index (χ1) is 13.7. The van der Waals surface area contributed by atoms with Crippen molar-refractivity contribution in [3.63, 3.8) is 0 Å². The fraction of sp³-hybridized carbons (Fsp3) is 0.400. The topological polar surface area (TPSA) is 88.6 Å². The van der Waals surface area contributed by atoms with Crippen LogP contribution in [0.2, 0.25) is 5.02 Å². The van der Waals surface area contributed by atoms with Crippen LogP contribution in [0.4, 0.5) is 11.5 Å². The zero-order valence-corrected chi connectivity index (χ0v) is 18.2. The quantitative estimate of drug-likeness (QED) is 0.742. The molecule has 0 aliphatic carbocycles. The lowest BCUT2D eigenvalue weighted by atomic mass is 10.1. The van der Waals surface area contributed by atoms with E-state index in [4.69, 9.17) is 16.3 Å². The molecule has 3 rings (SSSR count). The molecule has 0 saturated carbocycles. The van der Waals surface area contributed by atoms with Crippen LogP contribution in [0.25, 0.3) is 0 Å². The van der Waals surface area contributed by atoms with Crippen LogP contribution in [0.3, 0.4) is 0 Å². The summed E-state index contributed by atoms with van der Waals surface area (Å²) in [6, 6.07) is 6.97. The van der Waals surface area contributed by atoms with Gasteiger partial charge in [0.1, 0.15) is 11.6 Å². The molecular weight excluding hydrogens is 414 g/mol. The van der Waals surface area contributed by atoms with E-state index < -0.39 is 15.9 Å². The van der Waals surface area contributed by atoms with Gasteiger partial charge in [-0.15, -0.1) is 0 Å². The van der Waals surface area contributed by atoms with Gasteiger partial charge >= 0.3 is 0 Å². The van der Waals surface area contributed by atoms with Crippen LogP contribution < -0.4 is 14.4 Å². The highest BCUT2D eigenvalue weighted by Crippen LogP contribution is 2.29. The van der Waals surface area contributed by atoms with Crippen LogP contribution in [0.15, 0.2) is 24.3 Å². The number of ether oxygens (including phenoxy) is 1. The van der Waals surface area contributed by atoms with E-state index in [9.17, 15) is 13.2 Å². The Bertz CT molecular complexity index is 1040. The number of methoxy groups -OCH3 is 1. The molecule has 1 fully saturated rings. The summed E-state index contributed by atoms with van der Waals surface area (Å²) in [7, 11) is -1.84. The van der Waals surface area contributed by atoms with Crippen molar-refractivity contribution in [2.24, 2.45) is 0 Å². The molecule has 1 aromatic carbocycles. The molecule has 0 bridgehead atoms. The Morgan fingerprint density at radius 2 is 2.07 bits per heavy atom. The summed E-state index contributed by atoms with van der Waals surface area (Å²) in [5.41, 5.74) is 2.20. The molecule has 1 amide bonds. The van der Waals surface area contributed by atoms with Crippen LogP contribution in [0.1, 0.15) is 41.4 Å². The van der Waals surface area contributed by atoms with Gasteiger partial charge < -0.3 is 10.1 Å². The number of pyridine rings is 1. The van der Waals surface area contributed by atoms with Crippen LogP contribution in [-0.2, 0) is 16.4 Å². The van der Waals surface area contributed by atoms with Gasteiger partial charge in [-0.25, -0.2) is 13.4 Å². The summed E-state index contributed by atoms with van der Waals surface area (Å²) in [6.45, 7) is 4.06. The number of halogens is 1. The van der Waals surface area contributed by atoms with Gasteiger partial charge in [-0.05, 0) is 43.5 Å². The van der Waals surface area contributed by atoms with Crippen molar-refractivity contribution >= 4 is 39.0 Å². The van der Waals surface area contributed by atoms with Crippen molar-refractivity contribution in [3.8, 4) is 5.75 Å². The number of carbonyl (C=O) groups excluding carboxylic acids is 1. The lowest BCUT2D eigenvalue weighted by Crippen LogP contribution is -2.27. The van der Waals surface area contributed by atoms with Gasteiger partial charge in [-0.1, -0.05) is 24.9 Å². The second-order valence-electron chi connectivity index (χ2n) is 6.94. The smallest absolute Gasteiger partial charge is 0.257 e. The first-order valence-corrected chi connectivity index (χ1v) is 11.4. The molecule has 0 unspecified atom stereocenters. The summed E-state index contributed by atoms with van der Waals surface area (Å²) < 4.78 is 31.0. The summed E-state index contributed by atoms with van der Waals surface area (Å²) in [5.74, 6) is 0.495. The maximum atomic E-state index is 13.0. The number of aromatic nitrogens is 1. The highest BCUT2D eigenvalue weighted by Gasteiger charge is 2.31. The standard InChI is InChI=1S/C20H24ClN3O4S/c1-4-6-14-9-15(11-16(10-14)28-3)23-20(25)17-12-18(22-13(2)19(17)21)24-7-5-8-29(24,26)27/h9-12H,4-8H2,1-3H3,(H,23,25). The van der Waals surface area contributed by atoms with E-state index in [2.05, 4.69) is 17.2 Å². The number of aryl methyl sites for hydroxylation is 2. The molecule has 1 saturated heterocycles. The fourth-order valence-corrected chi connectivity index (χ4v) is 5.00. The Morgan fingerprint density at radius 1 is 1.31 bits per heavy atom. The number of hydrogen-bond acceptors (Lipinski definition) is 5. The Labute approximate surface area is 176 Å². The van der Waals surface area contributed by atoms with Crippen LogP contribution in [-0.4, -0.2) is 38.7 Å². The molecule has 1 aliphatic rings. The van der Waals surface area contributed by atoms with Gasteiger partial charge in [0.15, 0.2) is 0 Å². The molecule has 156 valence electrons. The minimum atomic E-state index is -3.41. The zero-order chi connectivity index (χ0) is 21.2. The Hall–Kier alpha value is -2.32. The third-order valence-electron chi connectivity index (χ3n) is 4.71. The number of carbonyl (C=O) groups is 1. The molecule has 1 aromatic heterocycles. The highest BCUT2D eigenvalue weighted by atomic mass is 35.5. The molecule has 1 aliphatic heterocycles. The largest absolute Gasteiger partial charge is 0.497 e. The molecular formula is C20H24ClN3O4S.